The normalized spacial score (nSPS) is 27.1. The molecule has 2 saturated heterocycles. The zero-order valence-electron chi connectivity index (χ0n) is 12.5. The van der Waals surface area contributed by atoms with Crippen LogP contribution in [-0.4, -0.2) is 46.6 Å². The minimum Gasteiger partial charge on any atom is -0.351 e. The van der Waals surface area contributed by atoms with E-state index < -0.39 is 0 Å². The molecule has 0 radical (unpaired) electrons. The molecule has 0 aliphatic carbocycles. The lowest BCUT2D eigenvalue weighted by molar-refractivity contribution is 0.202. The number of rotatable bonds is 2. The Bertz CT molecular complexity index is 491. The number of hydrogen-bond donors (Lipinski definition) is 0. The molecular formula is C15H23BrN4. The van der Waals surface area contributed by atoms with Gasteiger partial charge in [0.1, 0.15) is 16.2 Å². The number of anilines is 1. The fourth-order valence-corrected chi connectivity index (χ4v) is 3.72. The van der Waals surface area contributed by atoms with Crippen molar-refractivity contribution >= 4 is 21.7 Å². The summed E-state index contributed by atoms with van der Waals surface area (Å²) in [7, 11) is 0. The molecule has 0 bridgehead atoms. The van der Waals surface area contributed by atoms with Gasteiger partial charge < -0.3 is 4.90 Å². The fraction of sp³-hybridized carbons (Fsp3) is 0.733. The predicted octanol–water partition coefficient (Wildman–Crippen LogP) is 3.04. The molecule has 2 aliphatic heterocycles. The molecular weight excluding hydrogens is 316 g/mol. The maximum Gasteiger partial charge on any atom is 0.134 e. The van der Waals surface area contributed by atoms with E-state index in [0.29, 0.717) is 18.0 Å². The van der Waals surface area contributed by atoms with E-state index in [1.165, 1.54) is 19.4 Å². The second-order valence-corrected chi connectivity index (χ2v) is 7.17. The van der Waals surface area contributed by atoms with Crippen molar-refractivity contribution in [2.45, 2.75) is 51.6 Å². The van der Waals surface area contributed by atoms with Crippen LogP contribution in [0.5, 0.6) is 0 Å². The standard InChI is InChI=1S/C15H23BrN4/c1-10(2)15-17-13(16)7-14(18-15)20-9-12-5-4-6-19(12)8-11(20)3/h7,10-12H,4-6,8-9H2,1-3H3. The predicted molar refractivity (Wildman–Crippen MR) is 85.2 cm³/mol. The Balaban J connectivity index is 1.87. The van der Waals surface area contributed by atoms with Gasteiger partial charge in [-0.2, -0.15) is 0 Å². The third-order valence-corrected chi connectivity index (χ3v) is 4.85. The van der Waals surface area contributed by atoms with Crippen LogP contribution in [-0.2, 0) is 0 Å². The van der Waals surface area contributed by atoms with Crippen molar-refractivity contribution in [2.75, 3.05) is 24.5 Å². The zero-order chi connectivity index (χ0) is 14.3. The Morgan fingerprint density at radius 2 is 2.10 bits per heavy atom. The third-order valence-electron chi connectivity index (χ3n) is 4.45. The van der Waals surface area contributed by atoms with Crippen LogP contribution in [0.2, 0.25) is 0 Å². The number of aromatic nitrogens is 2. The summed E-state index contributed by atoms with van der Waals surface area (Å²) in [6.07, 6.45) is 2.67. The van der Waals surface area contributed by atoms with Gasteiger partial charge in [0.05, 0.1) is 0 Å². The molecule has 3 rings (SSSR count). The zero-order valence-corrected chi connectivity index (χ0v) is 14.1. The summed E-state index contributed by atoms with van der Waals surface area (Å²) in [5, 5.41) is 0. The monoisotopic (exact) mass is 338 g/mol. The van der Waals surface area contributed by atoms with Crippen molar-refractivity contribution in [2.24, 2.45) is 0 Å². The summed E-state index contributed by atoms with van der Waals surface area (Å²) < 4.78 is 0.896. The van der Waals surface area contributed by atoms with E-state index >= 15 is 0 Å². The molecule has 0 spiro atoms. The quantitative estimate of drug-likeness (QED) is 0.776. The molecule has 20 heavy (non-hydrogen) atoms. The minimum absolute atomic E-state index is 0.356. The molecule has 1 aromatic rings. The minimum atomic E-state index is 0.356. The smallest absolute Gasteiger partial charge is 0.134 e. The van der Waals surface area contributed by atoms with E-state index in [1.807, 2.05) is 0 Å². The molecule has 1 aromatic heterocycles. The first kappa shape index (κ1) is 14.3. The van der Waals surface area contributed by atoms with Crippen molar-refractivity contribution in [3.8, 4) is 0 Å². The lowest BCUT2D eigenvalue weighted by Gasteiger charge is -2.43. The highest BCUT2D eigenvalue weighted by Gasteiger charge is 2.35. The summed E-state index contributed by atoms with van der Waals surface area (Å²) in [5.74, 6) is 2.36. The second-order valence-electron chi connectivity index (χ2n) is 6.35. The van der Waals surface area contributed by atoms with Gasteiger partial charge in [-0.15, -0.1) is 0 Å². The summed E-state index contributed by atoms with van der Waals surface area (Å²) in [4.78, 5) is 14.4. The molecule has 2 atom stereocenters. The van der Waals surface area contributed by atoms with E-state index in [1.54, 1.807) is 0 Å². The van der Waals surface area contributed by atoms with Gasteiger partial charge in [0.15, 0.2) is 0 Å². The van der Waals surface area contributed by atoms with Crippen molar-refractivity contribution in [1.82, 2.24) is 14.9 Å². The van der Waals surface area contributed by atoms with Crippen LogP contribution in [0, 0.1) is 0 Å². The molecule has 0 saturated carbocycles. The van der Waals surface area contributed by atoms with E-state index in [-0.39, 0.29) is 0 Å². The maximum atomic E-state index is 4.79. The highest BCUT2D eigenvalue weighted by atomic mass is 79.9. The topological polar surface area (TPSA) is 32.3 Å². The van der Waals surface area contributed by atoms with Gasteiger partial charge in [-0.05, 0) is 42.2 Å². The van der Waals surface area contributed by atoms with Gasteiger partial charge in [0.25, 0.3) is 0 Å². The van der Waals surface area contributed by atoms with Crippen LogP contribution in [0.3, 0.4) is 0 Å². The molecule has 2 aliphatic rings. The third kappa shape index (κ3) is 2.70. The van der Waals surface area contributed by atoms with Gasteiger partial charge in [-0.25, -0.2) is 9.97 Å². The lowest BCUT2D eigenvalue weighted by Crippen LogP contribution is -2.55. The average molecular weight is 339 g/mol. The Morgan fingerprint density at radius 1 is 1.30 bits per heavy atom. The summed E-state index contributed by atoms with van der Waals surface area (Å²) in [6.45, 7) is 10.1. The van der Waals surface area contributed by atoms with E-state index in [4.69, 9.17) is 4.98 Å². The molecule has 2 fully saturated rings. The van der Waals surface area contributed by atoms with Gasteiger partial charge >= 0.3 is 0 Å². The Labute approximate surface area is 129 Å². The summed E-state index contributed by atoms with van der Waals surface area (Å²) >= 11 is 3.54. The second kappa shape index (κ2) is 5.60. The lowest BCUT2D eigenvalue weighted by atomic mass is 10.1. The number of piperazine rings is 1. The first-order chi connectivity index (χ1) is 9.54. The van der Waals surface area contributed by atoms with Crippen LogP contribution < -0.4 is 4.90 Å². The van der Waals surface area contributed by atoms with E-state index in [2.05, 4.69) is 57.6 Å². The van der Waals surface area contributed by atoms with Gasteiger partial charge in [-0.3, -0.25) is 4.90 Å². The average Bonchev–Trinajstić information content (AvgIpc) is 2.83. The van der Waals surface area contributed by atoms with E-state index in [0.717, 1.165) is 29.3 Å². The molecule has 3 heterocycles. The SMILES string of the molecule is CC(C)c1nc(Br)cc(N2CC3CCCN3CC2C)n1. The number of halogens is 1. The van der Waals surface area contributed by atoms with E-state index in [9.17, 15) is 0 Å². The van der Waals surface area contributed by atoms with Crippen LogP contribution in [0.1, 0.15) is 45.4 Å². The molecule has 0 N–H and O–H groups in total. The van der Waals surface area contributed by atoms with Crippen LogP contribution in [0.4, 0.5) is 5.82 Å². The number of fused-ring (bicyclic) bond motifs is 1. The first-order valence-corrected chi connectivity index (χ1v) is 8.39. The van der Waals surface area contributed by atoms with Crippen molar-refractivity contribution in [1.29, 1.82) is 0 Å². The van der Waals surface area contributed by atoms with Gasteiger partial charge in [0.2, 0.25) is 0 Å². The molecule has 0 amide bonds. The Kier molecular flexibility index (Phi) is 4.00. The summed E-state index contributed by atoms with van der Waals surface area (Å²) in [5.41, 5.74) is 0. The molecule has 4 nitrogen and oxygen atoms in total. The van der Waals surface area contributed by atoms with Crippen molar-refractivity contribution in [3.63, 3.8) is 0 Å². The van der Waals surface area contributed by atoms with Crippen molar-refractivity contribution < 1.29 is 0 Å². The molecule has 2 unspecified atom stereocenters. The Morgan fingerprint density at radius 3 is 2.85 bits per heavy atom. The van der Waals surface area contributed by atoms with Gasteiger partial charge in [0, 0.05) is 37.2 Å². The van der Waals surface area contributed by atoms with Crippen LogP contribution in [0.25, 0.3) is 0 Å². The summed E-state index contributed by atoms with van der Waals surface area (Å²) in [6, 6.07) is 3.29. The largest absolute Gasteiger partial charge is 0.351 e. The molecule has 5 heteroatoms. The van der Waals surface area contributed by atoms with Crippen LogP contribution in [0.15, 0.2) is 10.7 Å². The highest BCUT2D eigenvalue weighted by Crippen LogP contribution is 2.29. The van der Waals surface area contributed by atoms with Crippen molar-refractivity contribution in [3.05, 3.63) is 16.5 Å². The number of hydrogen-bond acceptors (Lipinski definition) is 4. The maximum absolute atomic E-state index is 4.79. The first-order valence-electron chi connectivity index (χ1n) is 7.59. The van der Waals surface area contributed by atoms with Crippen LogP contribution >= 0.6 is 15.9 Å². The van der Waals surface area contributed by atoms with Gasteiger partial charge in [-0.1, -0.05) is 13.8 Å². The Hall–Kier alpha value is -0.680. The highest BCUT2D eigenvalue weighted by molar-refractivity contribution is 9.10. The number of nitrogens with zero attached hydrogens (tertiary/aromatic N) is 4. The molecule has 0 aromatic carbocycles. The fourth-order valence-electron chi connectivity index (χ4n) is 3.33. The molecule has 110 valence electrons.